The van der Waals surface area contributed by atoms with Gasteiger partial charge >= 0.3 is 6.09 Å². The topological polar surface area (TPSA) is 128 Å². The lowest BCUT2D eigenvalue weighted by molar-refractivity contribution is -0.141. The van der Waals surface area contributed by atoms with Gasteiger partial charge in [0.25, 0.3) is 0 Å². The minimum Gasteiger partial charge on any atom is -0.444 e. The molecule has 0 aromatic heterocycles. The van der Waals surface area contributed by atoms with E-state index in [2.05, 4.69) is 37.2 Å². The molecule has 10 heteroatoms. The van der Waals surface area contributed by atoms with Gasteiger partial charge in [-0.2, -0.15) is 0 Å². The van der Waals surface area contributed by atoms with Gasteiger partial charge in [-0.05, 0) is 101 Å². The van der Waals surface area contributed by atoms with Crippen LogP contribution in [0.4, 0.5) is 10.5 Å². The first-order valence-corrected chi connectivity index (χ1v) is 15.4. The number of carbonyl (C=O) groups excluding carboxylic acids is 3. The number of alkyl carbamates (subject to hydrolysis) is 1. The molecule has 0 unspecified atom stereocenters. The summed E-state index contributed by atoms with van der Waals surface area (Å²) >= 11 is 6.97. The van der Waals surface area contributed by atoms with Crippen LogP contribution in [-0.4, -0.2) is 41.0 Å². The maximum absolute atomic E-state index is 14.5. The van der Waals surface area contributed by atoms with Crippen LogP contribution in [0.2, 0.25) is 0 Å². The van der Waals surface area contributed by atoms with Crippen molar-refractivity contribution in [2.45, 2.75) is 64.1 Å². The Balaban J connectivity index is 1.91. The number of anilines is 1. The molecule has 0 bridgehead atoms. The zero-order valence-corrected chi connectivity index (χ0v) is 27.3. The molecule has 3 rings (SSSR count). The third-order valence-corrected chi connectivity index (χ3v) is 7.88. The highest BCUT2D eigenvalue weighted by atomic mass is 79.9. The van der Waals surface area contributed by atoms with E-state index >= 15 is 0 Å². The second-order valence-electron chi connectivity index (χ2n) is 11.0. The second kappa shape index (κ2) is 15.2. The number of ether oxygens (including phenoxy) is 1. The number of carbonyl (C=O) groups is 3. The molecule has 0 aliphatic rings. The predicted molar refractivity (Wildman–Crippen MR) is 173 cm³/mol. The molecule has 1 atom stereocenters. The summed E-state index contributed by atoms with van der Waals surface area (Å²) in [4.78, 5) is 41.1. The summed E-state index contributed by atoms with van der Waals surface area (Å²) in [5.74, 6) is -1.49. The van der Waals surface area contributed by atoms with Crippen molar-refractivity contribution in [1.82, 2.24) is 10.2 Å². The molecule has 0 aliphatic carbocycles. The normalized spacial score (nSPS) is 12.0. The molecule has 0 heterocycles. The van der Waals surface area contributed by atoms with Gasteiger partial charge in [-0.15, -0.1) is 0 Å². The molecule has 42 heavy (non-hydrogen) atoms. The Morgan fingerprint density at radius 3 is 1.90 bits per heavy atom. The maximum atomic E-state index is 14.5. The molecular weight excluding hydrogens is 664 g/mol. The molecule has 224 valence electrons. The molecule has 3 amide bonds. The lowest BCUT2D eigenvalue weighted by Gasteiger charge is -2.34. The average molecular weight is 702 g/mol. The van der Waals surface area contributed by atoms with Crippen molar-refractivity contribution >= 4 is 55.5 Å². The van der Waals surface area contributed by atoms with E-state index in [0.29, 0.717) is 40.4 Å². The minimum absolute atomic E-state index is 0.135. The molecule has 0 radical (unpaired) electrons. The number of amides is 3. The van der Waals surface area contributed by atoms with E-state index in [1.807, 2.05) is 72.8 Å². The molecule has 0 fully saturated rings. The summed E-state index contributed by atoms with van der Waals surface area (Å²) in [6.07, 6.45) is 0.943. The van der Waals surface area contributed by atoms with Gasteiger partial charge in [-0.1, -0.05) is 60.7 Å². The van der Waals surface area contributed by atoms with E-state index in [9.17, 15) is 14.4 Å². The van der Waals surface area contributed by atoms with Crippen LogP contribution < -0.4 is 16.8 Å². The first kappa shape index (κ1) is 33.1. The fraction of sp³-hybridized carbons (Fsp3) is 0.344. The third kappa shape index (κ3) is 9.59. The Labute approximate surface area is 264 Å². The summed E-state index contributed by atoms with van der Waals surface area (Å²) in [5.41, 5.74) is 14.4. The molecule has 3 aromatic rings. The summed E-state index contributed by atoms with van der Waals surface area (Å²) in [6.45, 7) is 5.89. The van der Waals surface area contributed by atoms with Crippen molar-refractivity contribution in [2.24, 2.45) is 5.73 Å². The van der Waals surface area contributed by atoms with Crippen LogP contribution in [0.25, 0.3) is 0 Å². The number of unbranched alkanes of at least 4 members (excludes halogenated alkanes) is 1. The van der Waals surface area contributed by atoms with Gasteiger partial charge in [0.15, 0.2) is 0 Å². The smallest absolute Gasteiger partial charge is 0.407 e. The van der Waals surface area contributed by atoms with Crippen LogP contribution in [0, 0.1) is 0 Å². The van der Waals surface area contributed by atoms with Crippen molar-refractivity contribution in [3.63, 3.8) is 0 Å². The molecular formula is C32H38Br2N4O4. The molecule has 0 aliphatic heterocycles. The van der Waals surface area contributed by atoms with Crippen LogP contribution in [-0.2, 0) is 20.9 Å². The van der Waals surface area contributed by atoms with Crippen LogP contribution in [0.1, 0.15) is 62.6 Å². The van der Waals surface area contributed by atoms with Gasteiger partial charge < -0.3 is 26.4 Å². The number of primary amides is 1. The van der Waals surface area contributed by atoms with Crippen molar-refractivity contribution in [1.29, 1.82) is 0 Å². The standard InChI is InChI=1S/C32H38Br2N4O4/c1-32(2,3)42-31(41)37-17-11-10-16-26(29(36)39)38(20-21-18-24(33)28(35)25(34)19-21)30(40)27(22-12-6-4-7-13-22)23-14-8-5-9-15-23/h4-9,12-15,18-19,26-27H,10-11,16-17,20,35H2,1-3H3,(H2,36,39)(H,37,41)/t26-/m1/s1. The lowest BCUT2D eigenvalue weighted by atomic mass is 9.89. The van der Waals surface area contributed by atoms with Crippen molar-refractivity contribution in [3.05, 3.63) is 98.4 Å². The molecule has 0 spiro atoms. The van der Waals surface area contributed by atoms with Gasteiger partial charge in [0.05, 0.1) is 11.6 Å². The van der Waals surface area contributed by atoms with Crippen LogP contribution in [0.3, 0.4) is 0 Å². The Bertz CT molecular complexity index is 1300. The van der Waals surface area contributed by atoms with E-state index in [-0.39, 0.29) is 12.5 Å². The molecule has 0 saturated carbocycles. The zero-order chi connectivity index (χ0) is 30.9. The van der Waals surface area contributed by atoms with Gasteiger partial charge in [-0.25, -0.2) is 4.79 Å². The molecule has 5 N–H and O–H groups in total. The number of rotatable bonds is 12. The number of benzene rings is 3. The van der Waals surface area contributed by atoms with E-state index in [1.165, 1.54) is 0 Å². The maximum Gasteiger partial charge on any atom is 0.407 e. The Kier molecular flexibility index (Phi) is 12.0. The summed E-state index contributed by atoms with van der Waals surface area (Å²) in [6, 6.07) is 21.8. The number of hydrogen-bond acceptors (Lipinski definition) is 5. The van der Waals surface area contributed by atoms with Crippen LogP contribution >= 0.6 is 31.9 Å². The van der Waals surface area contributed by atoms with Crippen LogP contribution in [0.5, 0.6) is 0 Å². The van der Waals surface area contributed by atoms with E-state index in [0.717, 1.165) is 16.7 Å². The van der Waals surface area contributed by atoms with Gasteiger partial charge in [-0.3, -0.25) is 9.59 Å². The quantitative estimate of drug-likeness (QED) is 0.147. The summed E-state index contributed by atoms with van der Waals surface area (Å²) in [5, 5.41) is 2.73. The van der Waals surface area contributed by atoms with Crippen molar-refractivity contribution in [2.75, 3.05) is 12.3 Å². The highest BCUT2D eigenvalue weighted by Gasteiger charge is 2.34. The number of nitrogens with zero attached hydrogens (tertiary/aromatic N) is 1. The second-order valence-corrected chi connectivity index (χ2v) is 12.7. The summed E-state index contributed by atoms with van der Waals surface area (Å²) < 4.78 is 6.63. The summed E-state index contributed by atoms with van der Waals surface area (Å²) in [7, 11) is 0. The fourth-order valence-corrected chi connectivity index (χ4v) is 5.90. The fourth-order valence-electron chi connectivity index (χ4n) is 4.62. The largest absolute Gasteiger partial charge is 0.444 e. The molecule has 0 saturated heterocycles. The SMILES string of the molecule is CC(C)(C)OC(=O)NCCCC[C@H](C(N)=O)N(Cc1cc(Br)c(N)c(Br)c1)C(=O)C(c1ccccc1)c1ccccc1. The van der Waals surface area contributed by atoms with Gasteiger partial charge in [0.1, 0.15) is 11.6 Å². The monoisotopic (exact) mass is 700 g/mol. The van der Waals surface area contributed by atoms with Crippen molar-refractivity contribution in [3.8, 4) is 0 Å². The number of hydrogen-bond donors (Lipinski definition) is 3. The highest BCUT2D eigenvalue weighted by Crippen LogP contribution is 2.33. The average Bonchev–Trinajstić information content (AvgIpc) is 2.92. The molecule has 8 nitrogen and oxygen atoms in total. The van der Waals surface area contributed by atoms with Crippen molar-refractivity contribution < 1.29 is 19.1 Å². The number of nitrogens with one attached hydrogen (secondary N) is 1. The zero-order valence-electron chi connectivity index (χ0n) is 24.1. The first-order chi connectivity index (χ1) is 19.9. The first-order valence-electron chi connectivity index (χ1n) is 13.8. The van der Waals surface area contributed by atoms with Gasteiger partial charge in [0.2, 0.25) is 11.8 Å². The Morgan fingerprint density at radius 2 is 1.43 bits per heavy atom. The predicted octanol–water partition coefficient (Wildman–Crippen LogP) is 6.50. The van der Waals surface area contributed by atoms with E-state index in [4.69, 9.17) is 16.2 Å². The van der Waals surface area contributed by atoms with E-state index in [1.54, 1.807) is 25.7 Å². The Hall–Kier alpha value is -3.37. The molecule has 3 aromatic carbocycles. The van der Waals surface area contributed by atoms with Crippen LogP contribution in [0.15, 0.2) is 81.7 Å². The number of nitrogen functional groups attached to an aromatic ring is 1. The number of halogens is 2. The highest BCUT2D eigenvalue weighted by molar-refractivity contribution is 9.11. The third-order valence-electron chi connectivity index (χ3n) is 6.56. The Morgan fingerprint density at radius 1 is 0.905 bits per heavy atom. The minimum atomic E-state index is -0.885. The number of nitrogens with two attached hydrogens (primary N) is 2. The lowest BCUT2D eigenvalue weighted by Crippen LogP contribution is -2.49. The van der Waals surface area contributed by atoms with E-state index < -0.39 is 29.6 Å². The van der Waals surface area contributed by atoms with Gasteiger partial charge in [0, 0.05) is 22.0 Å².